The van der Waals surface area contributed by atoms with Gasteiger partial charge < -0.3 is 10.2 Å². The van der Waals surface area contributed by atoms with E-state index in [0.717, 1.165) is 55.9 Å². The first-order valence-corrected chi connectivity index (χ1v) is 8.00. The van der Waals surface area contributed by atoms with Crippen molar-refractivity contribution in [2.24, 2.45) is 5.92 Å². The maximum Gasteiger partial charge on any atom is 0.255 e. The van der Waals surface area contributed by atoms with Crippen LogP contribution in [0, 0.1) is 17.6 Å². The molecule has 2 heterocycles. The van der Waals surface area contributed by atoms with E-state index in [2.05, 4.69) is 22.1 Å². The summed E-state index contributed by atoms with van der Waals surface area (Å²) >= 11 is 0. The molecular weight excluding hydrogens is 312 g/mol. The number of amides is 1. The topological polar surface area (TPSA) is 45.2 Å². The molecule has 24 heavy (non-hydrogen) atoms. The third-order valence-corrected chi connectivity index (χ3v) is 4.24. The van der Waals surface area contributed by atoms with Crippen LogP contribution in [0.3, 0.4) is 0 Å². The van der Waals surface area contributed by atoms with Gasteiger partial charge in [0, 0.05) is 24.7 Å². The number of carbonyl (C=O) groups excluding carboxylic acids is 1. The lowest BCUT2D eigenvalue weighted by atomic mass is 9.99. The van der Waals surface area contributed by atoms with Gasteiger partial charge >= 0.3 is 0 Å². The Bertz CT molecular complexity index is 705. The maximum absolute atomic E-state index is 13.2. The molecule has 0 unspecified atom stereocenters. The summed E-state index contributed by atoms with van der Waals surface area (Å²) in [6.07, 6.45) is 3.84. The van der Waals surface area contributed by atoms with E-state index < -0.39 is 17.5 Å². The molecule has 3 rings (SSSR count). The lowest BCUT2D eigenvalue weighted by Gasteiger charge is -2.31. The van der Waals surface area contributed by atoms with E-state index in [1.54, 1.807) is 12.3 Å². The van der Waals surface area contributed by atoms with Gasteiger partial charge in [-0.3, -0.25) is 4.79 Å². The van der Waals surface area contributed by atoms with E-state index in [0.29, 0.717) is 5.69 Å². The molecule has 0 spiro atoms. The fraction of sp³-hybridized carbons (Fsp3) is 0.333. The summed E-state index contributed by atoms with van der Waals surface area (Å²) in [7, 11) is 0. The molecule has 1 fully saturated rings. The Labute approximate surface area is 139 Å². The highest BCUT2D eigenvalue weighted by atomic mass is 19.1. The number of rotatable bonds is 3. The Kier molecular flexibility index (Phi) is 4.74. The lowest BCUT2D eigenvalue weighted by Crippen LogP contribution is -2.33. The summed E-state index contributed by atoms with van der Waals surface area (Å²) in [5, 5.41) is 2.60. The van der Waals surface area contributed by atoms with Gasteiger partial charge in [0.25, 0.3) is 5.91 Å². The van der Waals surface area contributed by atoms with Crippen molar-refractivity contribution in [2.75, 3.05) is 23.3 Å². The predicted molar refractivity (Wildman–Crippen MR) is 89.2 cm³/mol. The van der Waals surface area contributed by atoms with Crippen molar-refractivity contribution in [3.05, 3.63) is 53.7 Å². The molecule has 0 aliphatic carbocycles. The van der Waals surface area contributed by atoms with Crippen LogP contribution >= 0.6 is 0 Å². The molecule has 126 valence electrons. The number of halogens is 2. The Balaban J connectivity index is 1.66. The van der Waals surface area contributed by atoms with Gasteiger partial charge in [0.15, 0.2) is 0 Å². The molecule has 0 saturated carbocycles. The van der Waals surface area contributed by atoms with Crippen LogP contribution in [0.4, 0.5) is 20.3 Å². The van der Waals surface area contributed by atoms with Crippen LogP contribution in [-0.4, -0.2) is 24.0 Å². The van der Waals surface area contributed by atoms with Crippen LogP contribution in [0.2, 0.25) is 0 Å². The number of hydrogen-bond acceptors (Lipinski definition) is 3. The number of pyridine rings is 1. The van der Waals surface area contributed by atoms with Gasteiger partial charge in [0.1, 0.15) is 17.5 Å². The van der Waals surface area contributed by atoms with Crippen LogP contribution in [0.25, 0.3) is 0 Å². The van der Waals surface area contributed by atoms with Crippen LogP contribution in [0.5, 0.6) is 0 Å². The molecule has 1 N–H and O–H groups in total. The van der Waals surface area contributed by atoms with Gasteiger partial charge in [-0.15, -0.1) is 0 Å². The van der Waals surface area contributed by atoms with Gasteiger partial charge in [0.2, 0.25) is 0 Å². The molecule has 2 aromatic rings. The van der Waals surface area contributed by atoms with E-state index >= 15 is 0 Å². The van der Waals surface area contributed by atoms with Crippen molar-refractivity contribution in [3.63, 3.8) is 0 Å². The number of aromatic nitrogens is 1. The minimum atomic E-state index is -0.784. The highest BCUT2D eigenvalue weighted by Crippen LogP contribution is 2.22. The van der Waals surface area contributed by atoms with Gasteiger partial charge in [-0.2, -0.15) is 0 Å². The summed E-state index contributed by atoms with van der Waals surface area (Å²) in [5.74, 6) is -0.529. The van der Waals surface area contributed by atoms with Gasteiger partial charge in [-0.25, -0.2) is 13.8 Å². The van der Waals surface area contributed by atoms with Crippen molar-refractivity contribution in [1.29, 1.82) is 0 Å². The summed E-state index contributed by atoms with van der Waals surface area (Å²) in [5.41, 5.74) is 0.417. The fourth-order valence-electron chi connectivity index (χ4n) is 2.77. The number of hydrogen-bond donors (Lipinski definition) is 1. The second-order valence-corrected chi connectivity index (χ2v) is 6.19. The van der Waals surface area contributed by atoms with E-state index in [-0.39, 0.29) is 5.56 Å². The summed E-state index contributed by atoms with van der Waals surface area (Å²) in [4.78, 5) is 18.6. The van der Waals surface area contributed by atoms with Crippen molar-refractivity contribution < 1.29 is 13.6 Å². The average molecular weight is 331 g/mol. The van der Waals surface area contributed by atoms with Gasteiger partial charge in [-0.05, 0) is 43.0 Å². The molecule has 1 aromatic carbocycles. The van der Waals surface area contributed by atoms with Crippen LogP contribution in [0.15, 0.2) is 36.5 Å². The summed E-state index contributed by atoms with van der Waals surface area (Å²) < 4.78 is 26.4. The Morgan fingerprint density at radius 1 is 1.17 bits per heavy atom. The first-order chi connectivity index (χ1) is 11.5. The lowest BCUT2D eigenvalue weighted by molar-refractivity contribution is 0.102. The third-order valence-electron chi connectivity index (χ3n) is 4.24. The van der Waals surface area contributed by atoms with Crippen LogP contribution < -0.4 is 10.2 Å². The number of anilines is 2. The molecule has 4 nitrogen and oxygen atoms in total. The van der Waals surface area contributed by atoms with E-state index in [9.17, 15) is 13.6 Å². The molecule has 1 amide bonds. The van der Waals surface area contributed by atoms with E-state index in [1.165, 1.54) is 0 Å². The zero-order valence-electron chi connectivity index (χ0n) is 13.4. The third kappa shape index (κ3) is 3.88. The number of benzene rings is 1. The summed E-state index contributed by atoms with van der Waals surface area (Å²) in [6, 6.07) is 6.31. The van der Waals surface area contributed by atoms with E-state index in [4.69, 9.17) is 0 Å². The molecule has 6 heteroatoms. The number of carbonyl (C=O) groups is 1. The Hall–Kier alpha value is -2.50. The molecule has 1 aromatic heterocycles. The standard InChI is InChI=1S/C18H19F2N3O/c1-12-4-6-23(7-5-12)17-3-2-16(11-21-17)22-18(24)13-8-14(19)10-15(20)9-13/h2-3,8-12H,4-7H2,1H3,(H,22,24). The Morgan fingerprint density at radius 3 is 2.42 bits per heavy atom. The molecule has 0 bridgehead atoms. The highest BCUT2D eigenvalue weighted by Gasteiger charge is 2.17. The van der Waals surface area contributed by atoms with Crippen molar-refractivity contribution >= 4 is 17.4 Å². The minimum absolute atomic E-state index is 0.0680. The average Bonchev–Trinajstić information content (AvgIpc) is 2.55. The van der Waals surface area contributed by atoms with Crippen LogP contribution in [0.1, 0.15) is 30.1 Å². The van der Waals surface area contributed by atoms with Gasteiger partial charge in [0.05, 0.1) is 11.9 Å². The molecular formula is C18H19F2N3O. The van der Waals surface area contributed by atoms with Crippen molar-refractivity contribution in [1.82, 2.24) is 4.98 Å². The SMILES string of the molecule is CC1CCN(c2ccc(NC(=O)c3cc(F)cc(F)c3)cn2)CC1. The molecule has 1 aliphatic heterocycles. The Morgan fingerprint density at radius 2 is 1.83 bits per heavy atom. The predicted octanol–water partition coefficient (Wildman–Crippen LogP) is 3.85. The quantitative estimate of drug-likeness (QED) is 0.929. The van der Waals surface area contributed by atoms with Crippen molar-refractivity contribution in [3.8, 4) is 0 Å². The normalized spacial score (nSPS) is 15.4. The zero-order valence-corrected chi connectivity index (χ0v) is 13.4. The monoisotopic (exact) mass is 331 g/mol. The summed E-state index contributed by atoms with van der Waals surface area (Å²) in [6.45, 7) is 4.20. The van der Waals surface area contributed by atoms with E-state index in [1.807, 2.05) is 6.07 Å². The largest absolute Gasteiger partial charge is 0.357 e. The highest BCUT2D eigenvalue weighted by molar-refractivity contribution is 6.04. The molecule has 1 saturated heterocycles. The molecule has 0 atom stereocenters. The van der Waals surface area contributed by atoms with Crippen molar-refractivity contribution in [2.45, 2.75) is 19.8 Å². The maximum atomic E-state index is 13.2. The van der Waals surface area contributed by atoms with Gasteiger partial charge in [-0.1, -0.05) is 6.92 Å². The first kappa shape index (κ1) is 16.4. The molecule has 0 radical (unpaired) electrons. The minimum Gasteiger partial charge on any atom is -0.357 e. The molecule has 1 aliphatic rings. The first-order valence-electron chi connectivity index (χ1n) is 8.00. The number of piperidine rings is 1. The second-order valence-electron chi connectivity index (χ2n) is 6.19. The fourth-order valence-corrected chi connectivity index (χ4v) is 2.77. The smallest absolute Gasteiger partial charge is 0.255 e. The number of nitrogens with zero attached hydrogens (tertiary/aromatic N) is 2. The van der Waals surface area contributed by atoms with Crippen LogP contribution in [-0.2, 0) is 0 Å². The second kappa shape index (κ2) is 6.95. The zero-order chi connectivity index (χ0) is 17.1. The number of nitrogens with one attached hydrogen (secondary N) is 1.